The van der Waals surface area contributed by atoms with E-state index < -0.39 is 0 Å². The fourth-order valence-electron chi connectivity index (χ4n) is 1.52. The number of hydrogen-bond donors (Lipinski definition) is 1. The maximum absolute atomic E-state index is 5.68. The summed E-state index contributed by atoms with van der Waals surface area (Å²) in [5, 5.41) is 0. The molecule has 4 nitrogen and oxygen atoms in total. The highest BCUT2D eigenvalue weighted by molar-refractivity contribution is 5.52. The molecule has 4 heteroatoms. The van der Waals surface area contributed by atoms with E-state index in [1.807, 2.05) is 19.3 Å². The largest absolute Gasteiger partial charge is 0.397 e. The first-order chi connectivity index (χ1) is 7.75. The van der Waals surface area contributed by atoms with Gasteiger partial charge in [-0.1, -0.05) is 0 Å². The van der Waals surface area contributed by atoms with Crippen molar-refractivity contribution in [1.82, 2.24) is 4.98 Å². The van der Waals surface area contributed by atoms with Crippen molar-refractivity contribution in [1.29, 1.82) is 0 Å². The molecule has 1 aliphatic carbocycles. The Morgan fingerprint density at radius 3 is 3.00 bits per heavy atom. The van der Waals surface area contributed by atoms with Crippen LogP contribution >= 0.6 is 0 Å². The molecule has 0 aliphatic heterocycles. The Morgan fingerprint density at radius 2 is 2.31 bits per heavy atom. The third-order valence-electron chi connectivity index (χ3n) is 2.81. The molecular weight excluding hydrogens is 202 g/mol. The molecule has 1 saturated carbocycles. The van der Waals surface area contributed by atoms with Crippen molar-refractivity contribution in [2.24, 2.45) is 5.92 Å². The van der Waals surface area contributed by atoms with Crippen molar-refractivity contribution < 1.29 is 4.74 Å². The topological polar surface area (TPSA) is 51.4 Å². The predicted octanol–water partition coefficient (Wildman–Crippen LogP) is 1.53. The molecule has 0 saturated heterocycles. The minimum absolute atomic E-state index is 0.697. The van der Waals surface area contributed by atoms with Crippen LogP contribution in [0.15, 0.2) is 18.5 Å². The summed E-state index contributed by atoms with van der Waals surface area (Å²) < 4.78 is 5.59. The molecule has 1 aromatic heterocycles. The van der Waals surface area contributed by atoms with Crippen molar-refractivity contribution >= 4 is 11.4 Å². The molecule has 1 heterocycles. The van der Waals surface area contributed by atoms with Crippen LogP contribution < -0.4 is 10.6 Å². The first kappa shape index (κ1) is 11.2. The second-order valence-electron chi connectivity index (χ2n) is 4.42. The van der Waals surface area contributed by atoms with Gasteiger partial charge in [0.2, 0.25) is 0 Å². The summed E-state index contributed by atoms with van der Waals surface area (Å²) in [5.74, 6) is 0.833. The molecule has 1 fully saturated rings. The van der Waals surface area contributed by atoms with Crippen LogP contribution in [-0.4, -0.2) is 31.8 Å². The zero-order valence-corrected chi connectivity index (χ0v) is 9.72. The van der Waals surface area contributed by atoms with Crippen molar-refractivity contribution in [3.05, 3.63) is 18.5 Å². The van der Waals surface area contributed by atoms with Gasteiger partial charge in [0.25, 0.3) is 0 Å². The van der Waals surface area contributed by atoms with E-state index in [0.717, 1.165) is 31.4 Å². The van der Waals surface area contributed by atoms with E-state index in [1.54, 1.807) is 6.20 Å². The average molecular weight is 221 g/mol. The van der Waals surface area contributed by atoms with Crippen LogP contribution in [0.1, 0.15) is 12.8 Å². The number of pyridine rings is 1. The first-order valence-electron chi connectivity index (χ1n) is 5.75. The summed E-state index contributed by atoms with van der Waals surface area (Å²) in [6.07, 6.45) is 6.15. The van der Waals surface area contributed by atoms with E-state index in [4.69, 9.17) is 10.5 Å². The minimum atomic E-state index is 0.697. The van der Waals surface area contributed by atoms with E-state index in [1.165, 1.54) is 12.8 Å². The quantitative estimate of drug-likeness (QED) is 0.740. The molecule has 1 aromatic rings. The Labute approximate surface area is 96.4 Å². The molecule has 1 aliphatic rings. The van der Waals surface area contributed by atoms with E-state index >= 15 is 0 Å². The van der Waals surface area contributed by atoms with Gasteiger partial charge in [-0.3, -0.25) is 4.98 Å². The summed E-state index contributed by atoms with van der Waals surface area (Å²) in [4.78, 5) is 6.17. The fraction of sp³-hybridized carbons (Fsp3) is 0.583. The number of anilines is 2. The summed E-state index contributed by atoms with van der Waals surface area (Å²) >= 11 is 0. The predicted molar refractivity (Wildman–Crippen MR) is 65.5 cm³/mol. The number of rotatable bonds is 6. The molecule has 0 spiro atoms. The van der Waals surface area contributed by atoms with Gasteiger partial charge in [0, 0.05) is 26.4 Å². The second kappa shape index (κ2) is 5.16. The third kappa shape index (κ3) is 3.38. The zero-order valence-electron chi connectivity index (χ0n) is 9.72. The Morgan fingerprint density at radius 1 is 1.50 bits per heavy atom. The van der Waals surface area contributed by atoms with Crippen molar-refractivity contribution in [3.63, 3.8) is 0 Å². The summed E-state index contributed by atoms with van der Waals surface area (Å²) in [7, 11) is 2.02. The van der Waals surface area contributed by atoms with E-state index in [0.29, 0.717) is 5.69 Å². The van der Waals surface area contributed by atoms with Crippen LogP contribution in [0.5, 0.6) is 0 Å². The van der Waals surface area contributed by atoms with E-state index in [2.05, 4.69) is 9.88 Å². The second-order valence-corrected chi connectivity index (χ2v) is 4.42. The Hall–Kier alpha value is -1.29. The standard InChI is InChI=1S/C12H19N3O/c1-15(4-5-16-9-10-2-3-10)12-6-11(13)7-14-8-12/h6-8,10H,2-5,9,13H2,1H3. The normalized spacial score (nSPS) is 15.1. The van der Waals surface area contributed by atoms with Crippen molar-refractivity contribution in [3.8, 4) is 0 Å². The van der Waals surface area contributed by atoms with Crippen LogP contribution in [-0.2, 0) is 4.74 Å². The average Bonchev–Trinajstić information content (AvgIpc) is 3.08. The van der Waals surface area contributed by atoms with Gasteiger partial charge in [-0.25, -0.2) is 0 Å². The summed E-state index contributed by atoms with van der Waals surface area (Å²) in [6, 6.07) is 1.92. The number of nitrogens with zero attached hydrogens (tertiary/aromatic N) is 2. The third-order valence-corrected chi connectivity index (χ3v) is 2.81. The monoisotopic (exact) mass is 221 g/mol. The lowest BCUT2D eigenvalue weighted by atomic mass is 10.3. The van der Waals surface area contributed by atoms with Crippen LogP contribution in [0.25, 0.3) is 0 Å². The molecule has 0 aromatic carbocycles. The van der Waals surface area contributed by atoms with Gasteiger partial charge >= 0.3 is 0 Å². The van der Waals surface area contributed by atoms with Gasteiger partial charge in [0.15, 0.2) is 0 Å². The van der Waals surface area contributed by atoms with Gasteiger partial charge in [-0.15, -0.1) is 0 Å². The maximum Gasteiger partial charge on any atom is 0.0641 e. The fourth-order valence-corrected chi connectivity index (χ4v) is 1.52. The Balaban J connectivity index is 1.71. The molecule has 2 rings (SSSR count). The number of nitrogen functional groups attached to an aromatic ring is 1. The molecule has 0 unspecified atom stereocenters. The Kier molecular flexibility index (Phi) is 3.62. The SMILES string of the molecule is CN(CCOCC1CC1)c1cncc(N)c1. The lowest BCUT2D eigenvalue weighted by molar-refractivity contribution is 0.131. The van der Waals surface area contributed by atoms with Gasteiger partial charge < -0.3 is 15.4 Å². The lowest BCUT2D eigenvalue weighted by Gasteiger charge is -2.18. The minimum Gasteiger partial charge on any atom is -0.397 e. The number of aromatic nitrogens is 1. The first-order valence-corrected chi connectivity index (χ1v) is 5.75. The van der Waals surface area contributed by atoms with E-state index in [9.17, 15) is 0 Å². The van der Waals surface area contributed by atoms with Crippen molar-refractivity contribution in [2.75, 3.05) is 37.4 Å². The van der Waals surface area contributed by atoms with Gasteiger partial charge in [-0.05, 0) is 24.8 Å². The lowest BCUT2D eigenvalue weighted by Crippen LogP contribution is -2.23. The maximum atomic E-state index is 5.68. The highest BCUT2D eigenvalue weighted by Crippen LogP contribution is 2.28. The summed E-state index contributed by atoms with van der Waals surface area (Å²) in [5.41, 5.74) is 7.41. The molecule has 0 atom stereocenters. The Bertz CT molecular complexity index is 339. The van der Waals surface area contributed by atoms with E-state index in [-0.39, 0.29) is 0 Å². The van der Waals surface area contributed by atoms with Crippen LogP contribution in [0.3, 0.4) is 0 Å². The van der Waals surface area contributed by atoms with Crippen molar-refractivity contribution in [2.45, 2.75) is 12.8 Å². The molecule has 2 N–H and O–H groups in total. The number of ether oxygens (including phenoxy) is 1. The van der Waals surface area contributed by atoms with Crippen LogP contribution in [0.4, 0.5) is 11.4 Å². The van der Waals surface area contributed by atoms with Gasteiger partial charge in [-0.2, -0.15) is 0 Å². The molecule has 0 radical (unpaired) electrons. The molecule has 16 heavy (non-hydrogen) atoms. The number of likely N-dealkylation sites (N-methyl/N-ethyl adjacent to an activating group) is 1. The van der Waals surface area contributed by atoms with Gasteiger partial charge in [0.1, 0.15) is 0 Å². The van der Waals surface area contributed by atoms with Gasteiger partial charge in [0.05, 0.1) is 24.2 Å². The zero-order chi connectivity index (χ0) is 11.4. The smallest absolute Gasteiger partial charge is 0.0641 e. The van der Waals surface area contributed by atoms with Crippen LogP contribution in [0.2, 0.25) is 0 Å². The molecular formula is C12H19N3O. The molecule has 0 amide bonds. The number of nitrogens with two attached hydrogens (primary N) is 1. The molecule has 88 valence electrons. The number of hydrogen-bond acceptors (Lipinski definition) is 4. The van der Waals surface area contributed by atoms with Crippen LogP contribution in [0, 0.1) is 5.92 Å². The highest BCUT2D eigenvalue weighted by atomic mass is 16.5. The highest BCUT2D eigenvalue weighted by Gasteiger charge is 2.20. The summed E-state index contributed by atoms with van der Waals surface area (Å²) in [6.45, 7) is 2.56. The molecule has 0 bridgehead atoms.